The van der Waals surface area contributed by atoms with Crippen molar-refractivity contribution in [3.05, 3.63) is 30.3 Å². The number of amides is 2. The Bertz CT molecular complexity index is 434. The van der Waals surface area contributed by atoms with Crippen molar-refractivity contribution in [2.45, 2.75) is 12.8 Å². The van der Waals surface area contributed by atoms with E-state index in [2.05, 4.69) is 5.32 Å². The number of para-hydroxylation sites is 1. The largest absolute Gasteiger partial charge is 0.493 e. The Balaban J connectivity index is 1.76. The predicted molar refractivity (Wildman–Crippen MR) is 70.8 cm³/mol. The molecular formula is C14H18N2O3. The van der Waals surface area contributed by atoms with Gasteiger partial charge in [-0.05, 0) is 18.6 Å². The monoisotopic (exact) mass is 262 g/mol. The lowest BCUT2D eigenvalue weighted by molar-refractivity contribution is -0.135. The summed E-state index contributed by atoms with van der Waals surface area (Å²) in [5, 5.41) is 2.75. The molecule has 0 atom stereocenters. The van der Waals surface area contributed by atoms with E-state index in [1.54, 1.807) is 4.90 Å². The summed E-state index contributed by atoms with van der Waals surface area (Å²) in [6.45, 7) is 1.76. The standard InChI is InChI=1S/C14H18N2O3/c17-13-11-16(9-4-8-15-13)14(18)7-10-19-12-5-2-1-3-6-12/h1-3,5-6H,4,7-11H2,(H,15,17). The third kappa shape index (κ3) is 4.28. The Morgan fingerprint density at radius 2 is 2.11 bits per heavy atom. The lowest BCUT2D eigenvalue weighted by Crippen LogP contribution is -2.37. The number of ether oxygens (including phenoxy) is 1. The number of rotatable bonds is 4. The van der Waals surface area contributed by atoms with Crippen LogP contribution in [0.15, 0.2) is 30.3 Å². The maximum Gasteiger partial charge on any atom is 0.239 e. The van der Waals surface area contributed by atoms with E-state index in [0.717, 1.165) is 12.2 Å². The molecule has 1 aliphatic heterocycles. The van der Waals surface area contributed by atoms with Gasteiger partial charge in [-0.1, -0.05) is 18.2 Å². The average Bonchev–Trinajstić information content (AvgIpc) is 2.64. The van der Waals surface area contributed by atoms with Gasteiger partial charge in [0.2, 0.25) is 11.8 Å². The van der Waals surface area contributed by atoms with Crippen molar-refractivity contribution in [2.75, 3.05) is 26.2 Å². The number of nitrogens with zero attached hydrogens (tertiary/aromatic N) is 1. The minimum Gasteiger partial charge on any atom is -0.493 e. The number of hydrogen-bond donors (Lipinski definition) is 1. The van der Waals surface area contributed by atoms with Crippen LogP contribution in [0, 0.1) is 0 Å². The SMILES string of the molecule is O=C1CN(C(=O)CCOc2ccccc2)CCCN1. The minimum absolute atomic E-state index is 0.0343. The van der Waals surface area contributed by atoms with Gasteiger partial charge >= 0.3 is 0 Å². The van der Waals surface area contributed by atoms with E-state index >= 15 is 0 Å². The molecule has 0 radical (unpaired) electrons. The molecule has 0 aliphatic carbocycles. The third-order valence-corrected chi connectivity index (χ3v) is 2.94. The van der Waals surface area contributed by atoms with Gasteiger partial charge in [0.25, 0.3) is 0 Å². The van der Waals surface area contributed by atoms with Gasteiger partial charge in [-0.3, -0.25) is 9.59 Å². The molecule has 19 heavy (non-hydrogen) atoms. The van der Waals surface area contributed by atoms with Gasteiger partial charge in [0.15, 0.2) is 0 Å². The van der Waals surface area contributed by atoms with E-state index in [0.29, 0.717) is 26.1 Å². The van der Waals surface area contributed by atoms with Crippen molar-refractivity contribution >= 4 is 11.8 Å². The molecule has 2 amide bonds. The molecule has 1 heterocycles. The van der Waals surface area contributed by atoms with Gasteiger partial charge in [0, 0.05) is 13.1 Å². The van der Waals surface area contributed by atoms with Crippen LogP contribution in [-0.4, -0.2) is 43.0 Å². The second-order valence-corrected chi connectivity index (χ2v) is 4.43. The van der Waals surface area contributed by atoms with Crippen molar-refractivity contribution in [3.63, 3.8) is 0 Å². The van der Waals surface area contributed by atoms with Crippen molar-refractivity contribution in [1.29, 1.82) is 0 Å². The van der Waals surface area contributed by atoms with E-state index in [9.17, 15) is 9.59 Å². The van der Waals surface area contributed by atoms with Crippen LogP contribution < -0.4 is 10.1 Å². The van der Waals surface area contributed by atoms with Crippen LogP contribution in [0.3, 0.4) is 0 Å². The Labute approximate surface area is 112 Å². The van der Waals surface area contributed by atoms with Gasteiger partial charge in [-0.25, -0.2) is 0 Å². The topological polar surface area (TPSA) is 58.6 Å². The first kappa shape index (κ1) is 13.4. The maximum atomic E-state index is 12.0. The van der Waals surface area contributed by atoms with Crippen LogP contribution in [0.4, 0.5) is 0 Å². The number of carbonyl (C=O) groups excluding carboxylic acids is 2. The highest BCUT2D eigenvalue weighted by atomic mass is 16.5. The number of hydrogen-bond acceptors (Lipinski definition) is 3. The second-order valence-electron chi connectivity index (χ2n) is 4.43. The fourth-order valence-electron chi connectivity index (χ4n) is 1.95. The van der Waals surface area contributed by atoms with Crippen LogP contribution in [0.25, 0.3) is 0 Å². The summed E-state index contributed by atoms with van der Waals surface area (Å²) in [4.78, 5) is 24.9. The second kappa shape index (κ2) is 6.78. The Morgan fingerprint density at radius 1 is 1.32 bits per heavy atom. The molecule has 1 aromatic carbocycles. The average molecular weight is 262 g/mol. The Hall–Kier alpha value is -2.04. The van der Waals surface area contributed by atoms with Gasteiger partial charge in [0.05, 0.1) is 19.6 Å². The first-order valence-electron chi connectivity index (χ1n) is 6.48. The lowest BCUT2D eigenvalue weighted by Gasteiger charge is -2.18. The zero-order chi connectivity index (χ0) is 13.5. The van der Waals surface area contributed by atoms with E-state index in [-0.39, 0.29) is 18.4 Å². The molecule has 0 bridgehead atoms. The predicted octanol–water partition coefficient (Wildman–Crippen LogP) is 0.804. The molecule has 1 fully saturated rings. The molecule has 1 N–H and O–H groups in total. The molecule has 5 nitrogen and oxygen atoms in total. The minimum atomic E-state index is -0.0881. The van der Waals surface area contributed by atoms with Gasteiger partial charge in [-0.15, -0.1) is 0 Å². The molecule has 1 aromatic rings. The lowest BCUT2D eigenvalue weighted by atomic mass is 10.3. The molecule has 2 rings (SSSR count). The molecule has 0 unspecified atom stereocenters. The number of nitrogens with one attached hydrogen (secondary N) is 1. The Kier molecular flexibility index (Phi) is 4.78. The Morgan fingerprint density at radius 3 is 2.89 bits per heavy atom. The highest BCUT2D eigenvalue weighted by molar-refractivity contribution is 5.85. The third-order valence-electron chi connectivity index (χ3n) is 2.94. The van der Waals surface area contributed by atoms with Crippen molar-refractivity contribution in [1.82, 2.24) is 10.2 Å². The van der Waals surface area contributed by atoms with Gasteiger partial charge < -0.3 is 15.0 Å². The summed E-state index contributed by atoms with van der Waals surface area (Å²) < 4.78 is 5.48. The summed E-state index contributed by atoms with van der Waals surface area (Å²) >= 11 is 0. The van der Waals surface area contributed by atoms with Crippen LogP contribution in [0.1, 0.15) is 12.8 Å². The number of carbonyl (C=O) groups is 2. The molecule has 1 aliphatic rings. The maximum absolute atomic E-state index is 12.0. The molecule has 5 heteroatoms. The van der Waals surface area contributed by atoms with Crippen LogP contribution in [-0.2, 0) is 9.59 Å². The zero-order valence-electron chi connectivity index (χ0n) is 10.8. The summed E-state index contributed by atoms with van der Waals surface area (Å²) in [5.41, 5.74) is 0. The zero-order valence-corrected chi connectivity index (χ0v) is 10.8. The summed E-state index contributed by atoms with van der Waals surface area (Å²) in [6, 6.07) is 9.38. The first-order chi connectivity index (χ1) is 9.25. The highest BCUT2D eigenvalue weighted by Gasteiger charge is 2.19. The van der Waals surface area contributed by atoms with Crippen LogP contribution in [0.5, 0.6) is 5.75 Å². The summed E-state index contributed by atoms with van der Waals surface area (Å²) in [7, 11) is 0. The van der Waals surface area contributed by atoms with Crippen LogP contribution in [0.2, 0.25) is 0 Å². The first-order valence-corrected chi connectivity index (χ1v) is 6.48. The van der Waals surface area contributed by atoms with E-state index in [4.69, 9.17) is 4.74 Å². The van der Waals surface area contributed by atoms with Crippen LogP contribution >= 0.6 is 0 Å². The molecule has 0 aromatic heterocycles. The normalized spacial score (nSPS) is 15.6. The van der Waals surface area contributed by atoms with Crippen molar-refractivity contribution in [3.8, 4) is 5.75 Å². The molecular weight excluding hydrogens is 244 g/mol. The highest BCUT2D eigenvalue weighted by Crippen LogP contribution is 2.09. The molecule has 0 saturated carbocycles. The number of benzene rings is 1. The smallest absolute Gasteiger partial charge is 0.239 e. The molecule has 1 saturated heterocycles. The van der Waals surface area contributed by atoms with Gasteiger partial charge in [-0.2, -0.15) is 0 Å². The molecule has 0 spiro atoms. The van der Waals surface area contributed by atoms with Gasteiger partial charge in [0.1, 0.15) is 5.75 Å². The quantitative estimate of drug-likeness (QED) is 0.873. The summed E-state index contributed by atoms with van der Waals surface area (Å²) in [5.74, 6) is 0.631. The van der Waals surface area contributed by atoms with Crippen molar-refractivity contribution in [2.24, 2.45) is 0 Å². The molecule has 102 valence electrons. The van der Waals surface area contributed by atoms with E-state index in [1.165, 1.54) is 0 Å². The fraction of sp³-hybridized carbons (Fsp3) is 0.429. The summed E-state index contributed by atoms with van der Waals surface area (Å²) in [6.07, 6.45) is 1.10. The van der Waals surface area contributed by atoms with Crippen molar-refractivity contribution < 1.29 is 14.3 Å². The fourth-order valence-corrected chi connectivity index (χ4v) is 1.95. The van der Waals surface area contributed by atoms with E-state index < -0.39 is 0 Å². The van der Waals surface area contributed by atoms with E-state index in [1.807, 2.05) is 30.3 Å².